The van der Waals surface area contributed by atoms with Gasteiger partial charge in [-0.25, -0.2) is 0 Å². The molecular formula is C25H29N7O3. The van der Waals surface area contributed by atoms with Crippen molar-refractivity contribution < 1.29 is 14.4 Å². The molecule has 3 amide bonds. The van der Waals surface area contributed by atoms with Crippen LogP contribution in [-0.4, -0.2) is 73.3 Å². The van der Waals surface area contributed by atoms with Gasteiger partial charge in [0, 0.05) is 57.1 Å². The van der Waals surface area contributed by atoms with Crippen LogP contribution in [0.3, 0.4) is 0 Å². The summed E-state index contributed by atoms with van der Waals surface area (Å²) in [5.74, 6) is -0.551. The number of piperazine rings is 1. The Morgan fingerprint density at radius 3 is 2.57 bits per heavy atom. The van der Waals surface area contributed by atoms with Crippen molar-refractivity contribution in [2.24, 2.45) is 7.05 Å². The van der Waals surface area contributed by atoms with E-state index in [4.69, 9.17) is 5.10 Å². The second-order valence-corrected chi connectivity index (χ2v) is 8.98. The summed E-state index contributed by atoms with van der Waals surface area (Å²) < 4.78 is 3.49. The molecule has 0 radical (unpaired) electrons. The number of carbonyl (C=O) groups excluding carboxylic acids is 3. The van der Waals surface area contributed by atoms with E-state index < -0.39 is 0 Å². The van der Waals surface area contributed by atoms with Crippen molar-refractivity contribution >= 4 is 17.7 Å². The largest absolute Gasteiger partial charge is 0.353 e. The Morgan fingerprint density at radius 1 is 1.03 bits per heavy atom. The van der Waals surface area contributed by atoms with Crippen LogP contribution in [0.25, 0.3) is 0 Å². The van der Waals surface area contributed by atoms with Crippen LogP contribution in [0.5, 0.6) is 0 Å². The van der Waals surface area contributed by atoms with Crippen molar-refractivity contribution in [3.05, 3.63) is 70.8 Å². The molecule has 0 bridgehead atoms. The number of hydrogen-bond donors (Lipinski definition) is 1. The second-order valence-electron chi connectivity index (χ2n) is 8.98. The first-order chi connectivity index (χ1) is 17.0. The fourth-order valence-corrected chi connectivity index (χ4v) is 4.81. The fraction of sp³-hybridized carbons (Fsp3) is 0.400. The zero-order chi connectivity index (χ0) is 24.4. The maximum Gasteiger partial charge on any atom is 0.275 e. The summed E-state index contributed by atoms with van der Waals surface area (Å²) in [4.78, 5) is 41.8. The average molecular weight is 476 g/mol. The number of nitrogens with one attached hydrogen (secondary N) is 1. The molecule has 2 aliphatic heterocycles. The van der Waals surface area contributed by atoms with E-state index in [-0.39, 0.29) is 24.3 Å². The molecule has 1 fully saturated rings. The SMILES string of the molecule is Cn1nccc1C(=O)N1CCc2c(c(C(=O)N3CCNC(=O)C3)nn2CCCc2ccccc2)C1. The van der Waals surface area contributed by atoms with Crippen molar-refractivity contribution in [1.29, 1.82) is 0 Å². The number of aryl methyl sites for hydroxylation is 3. The summed E-state index contributed by atoms with van der Waals surface area (Å²) in [5.41, 5.74) is 3.89. The van der Waals surface area contributed by atoms with E-state index in [9.17, 15) is 14.4 Å². The first-order valence-electron chi connectivity index (χ1n) is 12.0. The van der Waals surface area contributed by atoms with Crippen molar-refractivity contribution in [1.82, 2.24) is 34.7 Å². The predicted molar refractivity (Wildman–Crippen MR) is 128 cm³/mol. The van der Waals surface area contributed by atoms with Gasteiger partial charge < -0.3 is 15.1 Å². The summed E-state index contributed by atoms with van der Waals surface area (Å²) in [7, 11) is 1.74. The summed E-state index contributed by atoms with van der Waals surface area (Å²) in [6.45, 7) is 2.42. The third kappa shape index (κ3) is 4.68. The molecule has 4 heterocycles. The van der Waals surface area contributed by atoms with Gasteiger partial charge in [-0.1, -0.05) is 30.3 Å². The number of carbonyl (C=O) groups is 3. The number of amides is 3. The van der Waals surface area contributed by atoms with Crippen LogP contribution < -0.4 is 5.32 Å². The van der Waals surface area contributed by atoms with E-state index >= 15 is 0 Å². The van der Waals surface area contributed by atoms with Crippen LogP contribution in [0.4, 0.5) is 0 Å². The average Bonchev–Trinajstić information content (AvgIpc) is 3.47. The van der Waals surface area contributed by atoms with Crippen LogP contribution in [0.1, 0.15) is 44.2 Å². The van der Waals surface area contributed by atoms with Gasteiger partial charge >= 0.3 is 0 Å². The first-order valence-corrected chi connectivity index (χ1v) is 12.0. The third-order valence-corrected chi connectivity index (χ3v) is 6.67. The molecule has 10 nitrogen and oxygen atoms in total. The van der Waals surface area contributed by atoms with E-state index in [1.54, 1.807) is 28.9 Å². The fourth-order valence-electron chi connectivity index (χ4n) is 4.81. The molecule has 5 rings (SSSR count). The van der Waals surface area contributed by atoms with Gasteiger partial charge in [-0.3, -0.25) is 23.7 Å². The van der Waals surface area contributed by atoms with Crippen molar-refractivity contribution in [2.45, 2.75) is 32.4 Å². The summed E-state index contributed by atoms with van der Waals surface area (Å²) in [6.07, 6.45) is 4.01. The molecule has 3 aromatic rings. The van der Waals surface area contributed by atoms with Gasteiger partial charge in [-0.15, -0.1) is 0 Å². The molecule has 1 saturated heterocycles. The van der Waals surface area contributed by atoms with Gasteiger partial charge in [0.15, 0.2) is 5.69 Å². The van der Waals surface area contributed by atoms with Crippen LogP contribution >= 0.6 is 0 Å². The third-order valence-electron chi connectivity index (χ3n) is 6.67. The highest BCUT2D eigenvalue weighted by molar-refractivity contribution is 5.97. The minimum atomic E-state index is -0.257. The standard InChI is InChI=1S/C25H29N7O3/c1-29-21(9-11-27-29)24(34)30-14-10-20-19(16-30)23(25(35)31-15-12-26-22(33)17-31)28-32(20)13-5-8-18-6-3-2-4-7-18/h2-4,6-7,9,11H,5,8,10,12-17H2,1H3,(H,26,33). The Kier molecular flexibility index (Phi) is 6.35. The van der Waals surface area contributed by atoms with E-state index in [0.29, 0.717) is 50.5 Å². The lowest BCUT2D eigenvalue weighted by atomic mass is 10.0. The number of benzene rings is 1. The number of fused-ring (bicyclic) bond motifs is 1. The Hall–Kier alpha value is -3.95. The molecule has 0 saturated carbocycles. The molecule has 2 aromatic heterocycles. The normalized spacial score (nSPS) is 15.6. The monoisotopic (exact) mass is 475 g/mol. The van der Waals surface area contributed by atoms with Crippen molar-refractivity contribution in [3.63, 3.8) is 0 Å². The van der Waals surface area contributed by atoms with Gasteiger partial charge in [0.2, 0.25) is 5.91 Å². The Labute approximate surface area is 203 Å². The highest BCUT2D eigenvalue weighted by atomic mass is 16.2. The van der Waals surface area contributed by atoms with Crippen molar-refractivity contribution in [3.8, 4) is 0 Å². The number of nitrogens with zero attached hydrogens (tertiary/aromatic N) is 6. The molecule has 1 aromatic carbocycles. The maximum atomic E-state index is 13.4. The van der Waals surface area contributed by atoms with E-state index in [1.165, 1.54) is 10.5 Å². The molecule has 0 aliphatic carbocycles. The Balaban J connectivity index is 1.40. The zero-order valence-electron chi connectivity index (χ0n) is 19.8. The molecule has 35 heavy (non-hydrogen) atoms. The van der Waals surface area contributed by atoms with Gasteiger partial charge in [-0.05, 0) is 24.5 Å². The van der Waals surface area contributed by atoms with Crippen LogP contribution in [0.15, 0.2) is 42.6 Å². The summed E-state index contributed by atoms with van der Waals surface area (Å²) >= 11 is 0. The lowest BCUT2D eigenvalue weighted by molar-refractivity contribution is -0.123. The molecule has 182 valence electrons. The van der Waals surface area contributed by atoms with Gasteiger partial charge in [0.1, 0.15) is 5.69 Å². The number of hydrogen-bond acceptors (Lipinski definition) is 5. The van der Waals surface area contributed by atoms with Crippen LogP contribution in [0.2, 0.25) is 0 Å². The van der Waals surface area contributed by atoms with Crippen molar-refractivity contribution in [2.75, 3.05) is 26.2 Å². The smallest absolute Gasteiger partial charge is 0.275 e. The molecule has 2 aliphatic rings. The van der Waals surface area contributed by atoms with Crippen LogP contribution in [0, 0.1) is 0 Å². The number of aromatic nitrogens is 4. The predicted octanol–water partition coefficient (Wildman–Crippen LogP) is 1.02. The first kappa shape index (κ1) is 22.8. The molecule has 1 N–H and O–H groups in total. The molecular weight excluding hydrogens is 446 g/mol. The van der Waals surface area contributed by atoms with E-state index in [1.807, 2.05) is 22.9 Å². The Bertz CT molecular complexity index is 1250. The highest BCUT2D eigenvalue weighted by Crippen LogP contribution is 2.26. The van der Waals surface area contributed by atoms with Gasteiger partial charge in [0.05, 0.1) is 13.1 Å². The molecule has 0 spiro atoms. The highest BCUT2D eigenvalue weighted by Gasteiger charge is 2.33. The minimum absolute atomic E-state index is 0.0200. The summed E-state index contributed by atoms with van der Waals surface area (Å²) in [6, 6.07) is 12.0. The second kappa shape index (κ2) is 9.73. The quantitative estimate of drug-likeness (QED) is 0.573. The zero-order valence-corrected chi connectivity index (χ0v) is 19.8. The minimum Gasteiger partial charge on any atom is -0.353 e. The van der Waals surface area contributed by atoms with Crippen LogP contribution in [-0.2, 0) is 37.8 Å². The van der Waals surface area contributed by atoms with E-state index in [2.05, 4.69) is 22.5 Å². The van der Waals surface area contributed by atoms with Gasteiger partial charge in [-0.2, -0.15) is 10.2 Å². The molecule has 0 unspecified atom stereocenters. The lowest BCUT2D eigenvalue weighted by Crippen LogP contribution is -2.50. The number of rotatable bonds is 6. The lowest BCUT2D eigenvalue weighted by Gasteiger charge is -2.29. The summed E-state index contributed by atoms with van der Waals surface area (Å²) in [5, 5.41) is 11.6. The van der Waals surface area contributed by atoms with Gasteiger partial charge in [0.25, 0.3) is 11.8 Å². The maximum absolute atomic E-state index is 13.4. The molecule has 0 atom stereocenters. The Morgan fingerprint density at radius 2 is 1.83 bits per heavy atom. The molecule has 10 heteroatoms. The topological polar surface area (TPSA) is 105 Å². The van der Waals surface area contributed by atoms with E-state index in [0.717, 1.165) is 24.1 Å².